The van der Waals surface area contributed by atoms with Gasteiger partial charge in [-0.1, -0.05) is 5.11 Å². The molecule has 1 aromatic rings. The smallest absolute Gasteiger partial charge is 0.258 e. The first-order valence-electron chi connectivity index (χ1n) is 4.59. The summed E-state index contributed by atoms with van der Waals surface area (Å²) in [7, 11) is 0. The molecule has 1 rings (SSSR count). The van der Waals surface area contributed by atoms with Crippen LogP contribution < -0.4 is 0 Å². The maximum atomic E-state index is 10.9. The van der Waals surface area contributed by atoms with Gasteiger partial charge >= 0.3 is 11.4 Å². The Balaban J connectivity index is 4.12. The second-order valence-corrected chi connectivity index (χ2v) is 3.11. The third kappa shape index (κ3) is 2.73. The van der Waals surface area contributed by atoms with Crippen molar-refractivity contribution in [2.24, 2.45) is 10.2 Å². The van der Waals surface area contributed by atoms with Crippen molar-refractivity contribution >= 4 is 28.4 Å². The third-order valence-corrected chi connectivity index (χ3v) is 2.07. The Labute approximate surface area is 112 Å². The Hall–Kier alpha value is -3.96. The van der Waals surface area contributed by atoms with Gasteiger partial charge in [-0.05, 0) is 16.2 Å². The van der Waals surface area contributed by atoms with Crippen molar-refractivity contribution in [1.82, 2.24) is 0 Å². The first-order valence-corrected chi connectivity index (χ1v) is 4.59. The highest BCUT2D eigenvalue weighted by Crippen LogP contribution is 2.49. The lowest BCUT2D eigenvalue weighted by atomic mass is 10.1. The fourth-order valence-electron chi connectivity index (χ4n) is 1.38. The van der Waals surface area contributed by atoms with Crippen LogP contribution in [0.3, 0.4) is 0 Å². The summed E-state index contributed by atoms with van der Waals surface area (Å²) in [6, 6.07) is 0.354. The largest absolute Gasteiger partial charge is 0.362 e. The molecule has 0 saturated heterocycles. The standard InChI is InChI=1S/C6HN9O6/c7-11-9-2-1-3(13(16)17)6(15(20)21)4(10-12-8)5(2)14(18)19/h1H. The Morgan fingerprint density at radius 1 is 0.905 bits per heavy atom. The highest BCUT2D eigenvalue weighted by Gasteiger charge is 2.37. The van der Waals surface area contributed by atoms with E-state index in [9.17, 15) is 30.3 Å². The summed E-state index contributed by atoms with van der Waals surface area (Å²) >= 11 is 0. The molecule has 0 unspecified atom stereocenters. The highest BCUT2D eigenvalue weighted by molar-refractivity contribution is 5.86. The van der Waals surface area contributed by atoms with Crippen LogP contribution in [0.5, 0.6) is 0 Å². The first-order chi connectivity index (χ1) is 9.84. The van der Waals surface area contributed by atoms with Crippen molar-refractivity contribution in [3.05, 3.63) is 57.3 Å². The molecule has 0 heterocycles. The second kappa shape index (κ2) is 5.79. The molecule has 1 aromatic carbocycles. The van der Waals surface area contributed by atoms with Crippen molar-refractivity contribution < 1.29 is 14.8 Å². The number of azide groups is 2. The van der Waals surface area contributed by atoms with Crippen LogP contribution >= 0.6 is 0 Å². The zero-order valence-corrected chi connectivity index (χ0v) is 9.55. The average Bonchev–Trinajstić information content (AvgIpc) is 2.37. The molecule has 0 aliphatic rings. The molecule has 21 heavy (non-hydrogen) atoms. The minimum absolute atomic E-state index is 0.354. The summed E-state index contributed by atoms with van der Waals surface area (Å²) in [4.78, 5) is 33.1. The SMILES string of the molecule is [N-]=[N+]=Nc1cc([N+](=O)[O-])c([N+](=O)[O-])c(N=[N+]=[N-])c1[N+](=O)[O-]. The van der Waals surface area contributed by atoms with Gasteiger partial charge in [-0.25, -0.2) is 0 Å². The van der Waals surface area contributed by atoms with E-state index in [-0.39, 0.29) is 0 Å². The first kappa shape index (κ1) is 15.1. The molecule has 0 aliphatic carbocycles. The number of benzene rings is 1. The maximum Gasteiger partial charge on any atom is 0.362 e. The lowest BCUT2D eigenvalue weighted by molar-refractivity contribution is -0.423. The Morgan fingerprint density at radius 2 is 1.43 bits per heavy atom. The second-order valence-electron chi connectivity index (χ2n) is 3.11. The molecule has 0 N–H and O–H groups in total. The molecule has 0 fully saturated rings. The molecular formula is C6HN9O6. The van der Waals surface area contributed by atoms with E-state index in [4.69, 9.17) is 11.1 Å². The zero-order chi connectivity index (χ0) is 16.2. The van der Waals surface area contributed by atoms with E-state index in [2.05, 4.69) is 20.1 Å². The number of hydrogen-bond donors (Lipinski definition) is 0. The fraction of sp³-hybridized carbons (Fsp3) is 0. The van der Waals surface area contributed by atoms with E-state index in [1.54, 1.807) is 0 Å². The van der Waals surface area contributed by atoms with Crippen molar-refractivity contribution in [2.45, 2.75) is 0 Å². The fourth-order valence-corrected chi connectivity index (χ4v) is 1.38. The van der Waals surface area contributed by atoms with E-state index in [1.165, 1.54) is 0 Å². The molecule has 0 aromatic heterocycles. The van der Waals surface area contributed by atoms with Crippen LogP contribution in [0.2, 0.25) is 0 Å². The summed E-state index contributed by atoms with van der Waals surface area (Å²) in [5.74, 6) is 0. The molecule has 0 saturated carbocycles. The van der Waals surface area contributed by atoms with Crippen LogP contribution in [-0.2, 0) is 0 Å². The van der Waals surface area contributed by atoms with Crippen molar-refractivity contribution in [3.8, 4) is 0 Å². The van der Waals surface area contributed by atoms with E-state index in [1.807, 2.05) is 0 Å². The van der Waals surface area contributed by atoms with E-state index in [0.29, 0.717) is 6.07 Å². The summed E-state index contributed by atoms with van der Waals surface area (Å²) in [6.45, 7) is 0. The molecule has 0 atom stereocenters. The summed E-state index contributed by atoms with van der Waals surface area (Å²) in [6.07, 6.45) is 0. The summed E-state index contributed by atoms with van der Waals surface area (Å²) in [5, 5.41) is 38.1. The predicted molar refractivity (Wildman–Crippen MR) is 64.0 cm³/mol. The van der Waals surface area contributed by atoms with Gasteiger partial charge in [0.2, 0.25) is 5.69 Å². The van der Waals surface area contributed by atoms with Gasteiger partial charge in [0.05, 0.1) is 14.8 Å². The predicted octanol–water partition coefficient (Wildman–Crippen LogP) is 3.29. The van der Waals surface area contributed by atoms with Gasteiger partial charge in [0.25, 0.3) is 5.69 Å². The maximum absolute atomic E-state index is 10.9. The van der Waals surface area contributed by atoms with Gasteiger partial charge in [0.1, 0.15) is 5.69 Å². The molecular weight excluding hydrogens is 294 g/mol. The van der Waals surface area contributed by atoms with Gasteiger partial charge in [-0.2, -0.15) is 0 Å². The molecule has 15 heteroatoms. The number of nitro benzene ring substituents is 3. The zero-order valence-electron chi connectivity index (χ0n) is 9.55. The van der Waals surface area contributed by atoms with Crippen LogP contribution in [0, 0.1) is 30.3 Å². The minimum Gasteiger partial charge on any atom is -0.258 e. The topological polar surface area (TPSA) is 227 Å². The van der Waals surface area contributed by atoms with Crippen LogP contribution in [0.1, 0.15) is 0 Å². The number of nitrogens with zero attached hydrogens (tertiary/aromatic N) is 9. The number of nitro groups is 3. The molecule has 0 radical (unpaired) electrons. The lowest BCUT2D eigenvalue weighted by Crippen LogP contribution is -2.00. The molecule has 106 valence electrons. The molecule has 0 amide bonds. The van der Waals surface area contributed by atoms with E-state index in [0.717, 1.165) is 0 Å². The van der Waals surface area contributed by atoms with Gasteiger partial charge in [0, 0.05) is 15.9 Å². The molecule has 15 nitrogen and oxygen atoms in total. The van der Waals surface area contributed by atoms with Crippen molar-refractivity contribution in [3.63, 3.8) is 0 Å². The van der Waals surface area contributed by atoms with Crippen molar-refractivity contribution in [2.75, 3.05) is 0 Å². The number of hydrogen-bond acceptors (Lipinski definition) is 8. The van der Waals surface area contributed by atoms with Gasteiger partial charge in [-0.15, -0.1) is 0 Å². The quantitative estimate of drug-likeness (QED) is 0.259. The van der Waals surface area contributed by atoms with E-state index < -0.39 is 43.2 Å². The lowest BCUT2D eigenvalue weighted by Gasteiger charge is -2.02. The normalized spacial score (nSPS) is 9.14. The molecule has 0 bridgehead atoms. The van der Waals surface area contributed by atoms with Gasteiger partial charge in [0.15, 0.2) is 0 Å². The molecule has 0 aliphatic heterocycles. The van der Waals surface area contributed by atoms with E-state index >= 15 is 0 Å². The van der Waals surface area contributed by atoms with Crippen LogP contribution in [0.25, 0.3) is 20.9 Å². The highest BCUT2D eigenvalue weighted by atomic mass is 16.6. The van der Waals surface area contributed by atoms with Gasteiger partial charge in [-0.3, -0.25) is 30.3 Å². The van der Waals surface area contributed by atoms with Crippen molar-refractivity contribution in [1.29, 1.82) is 0 Å². The number of rotatable bonds is 5. The summed E-state index contributed by atoms with van der Waals surface area (Å²) in [5.41, 5.74) is 10.7. The average molecular weight is 295 g/mol. The summed E-state index contributed by atoms with van der Waals surface area (Å²) < 4.78 is 0. The minimum atomic E-state index is -1.37. The van der Waals surface area contributed by atoms with Gasteiger partial charge < -0.3 is 0 Å². The Morgan fingerprint density at radius 3 is 1.81 bits per heavy atom. The Bertz CT molecular complexity index is 720. The van der Waals surface area contributed by atoms with Crippen LogP contribution in [0.4, 0.5) is 28.4 Å². The monoisotopic (exact) mass is 295 g/mol. The third-order valence-electron chi connectivity index (χ3n) is 2.07. The van der Waals surface area contributed by atoms with Crippen LogP contribution in [-0.4, -0.2) is 14.8 Å². The molecule has 0 spiro atoms. The van der Waals surface area contributed by atoms with Crippen LogP contribution in [0.15, 0.2) is 16.3 Å². The Kier molecular flexibility index (Phi) is 4.16.